The zero-order chi connectivity index (χ0) is 19.8. The van der Waals surface area contributed by atoms with E-state index in [9.17, 15) is 17.6 Å². The van der Waals surface area contributed by atoms with Crippen molar-refractivity contribution in [3.05, 3.63) is 63.2 Å². The molecular formula is C17H11BrFNO4S3. The van der Waals surface area contributed by atoms with E-state index in [0.717, 1.165) is 18.0 Å². The summed E-state index contributed by atoms with van der Waals surface area (Å²) in [4.78, 5) is 14.4. The van der Waals surface area contributed by atoms with Crippen molar-refractivity contribution < 1.29 is 21.8 Å². The SMILES string of the molecule is CS(=O)(=O)Oc1ccc(Br)cc1C=C1SC(=S)N(c2ccc(F)cc2)C1=O. The molecule has 0 bridgehead atoms. The first-order chi connectivity index (χ1) is 12.6. The highest BCUT2D eigenvalue weighted by molar-refractivity contribution is 9.10. The predicted molar refractivity (Wildman–Crippen MR) is 112 cm³/mol. The number of benzene rings is 2. The molecule has 0 saturated carbocycles. The molecular weight excluding hydrogens is 477 g/mol. The highest BCUT2D eigenvalue weighted by Gasteiger charge is 2.33. The monoisotopic (exact) mass is 487 g/mol. The number of carbonyl (C=O) groups is 1. The molecule has 1 amide bonds. The highest BCUT2D eigenvalue weighted by atomic mass is 79.9. The normalized spacial score (nSPS) is 16.3. The number of amides is 1. The summed E-state index contributed by atoms with van der Waals surface area (Å²) in [6.07, 6.45) is 2.45. The number of halogens is 2. The van der Waals surface area contributed by atoms with E-state index in [-0.39, 0.29) is 11.7 Å². The summed E-state index contributed by atoms with van der Waals surface area (Å²) in [5.74, 6) is -0.717. The minimum absolute atomic E-state index is 0.0905. The summed E-state index contributed by atoms with van der Waals surface area (Å²) in [5, 5.41) is 0. The summed E-state index contributed by atoms with van der Waals surface area (Å²) in [7, 11) is -3.74. The summed E-state index contributed by atoms with van der Waals surface area (Å²) in [5.41, 5.74) is 0.846. The lowest BCUT2D eigenvalue weighted by atomic mass is 10.2. The third-order valence-electron chi connectivity index (χ3n) is 3.38. The van der Waals surface area contributed by atoms with Gasteiger partial charge in [0, 0.05) is 10.0 Å². The Morgan fingerprint density at radius 3 is 2.52 bits per heavy atom. The van der Waals surface area contributed by atoms with Crippen LogP contribution >= 0.6 is 39.9 Å². The molecule has 1 heterocycles. The van der Waals surface area contributed by atoms with E-state index < -0.39 is 15.9 Å². The Labute approximate surface area is 173 Å². The molecule has 0 aliphatic carbocycles. The topological polar surface area (TPSA) is 63.7 Å². The Kier molecular flexibility index (Phi) is 5.71. The summed E-state index contributed by atoms with van der Waals surface area (Å²) in [6, 6.07) is 10.1. The fourth-order valence-corrected chi connectivity index (χ4v) is 4.44. The van der Waals surface area contributed by atoms with Gasteiger partial charge in [-0.25, -0.2) is 4.39 Å². The number of anilines is 1. The summed E-state index contributed by atoms with van der Waals surface area (Å²) < 4.78 is 42.0. The van der Waals surface area contributed by atoms with E-state index in [1.807, 2.05) is 0 Å². The zero-order valence-electron chi connectivity index (χ0n) is 13.7. The molecule has 1 aliphatic rings. The van der Waals surface area contributed by atoms with Gasteiger partial charge in [0.15, 0.2) is 4.32 Å². The van der Waals surface area contributed by atoms with Crippen LogP contribution in [0.2, 0.25) is 0 Å². The van der Waals surface area contributed by atoms with Crippen molar-refractivity contribution in [1.29, 1.82) is 0 Å². The van der Waals surface area contributed by atoms with Crippen LogP contribution < -0.4 is 9.08 Å². The molecule has 2 aromatic rings. The van der Waals surface area contributed by atoms with Crippen molar-refractivity contribution in [3.8, 4) is 5.75 Å². The van der Waals surface area contributed by atoms with Crippen molar-refractivity contribution in [2.24, 2.45) is 0 Å². The van der Waals surface area contributed by atoms with Crippen molar-refractivity contribution in [2.45, 2.75) is 0 Å². The summed E-state index contributed by atoms with van der Waals surface area (Å²) >= 11 is 9.64. The second-order valence-corrected chi connectivity index (χ2v) is 9.63. The lowest BCUT2D eigenvalue weighted by molar-refractivity contribution is -0.113. The smallest absolute Gasteiger partial charge is 0.306 e. The van der Waals surface area contributed by atoms with Gasteiger partial charge >= 0.3 is 10.1 Å². The molecule has 140 valence electrons. The average molecular weight is 488 g/mol. The molecule has 0 N–H and O–H groups in total. The van der Waals surface area contributed by atoms with Gasteiger partial charge in [0.2, 0.25) is 0 Å². The van der Waals surface area contributed by atoms with Crippen LogP contribution in [0.15, 0.2) is 51.8 Å². The molecule has 10 heteroatoms. The Morgan fingerprint density at radius 2 is 1.89 bits per heavy atom. The number of thioether (sulfide) groups is 1. The predicted octanol–water partition coefficient (Wildman–Crippen LogP) is 4.33. The molecule has 0 radical (unpaired) electrons. The molecule has 0 aromatic heterocycles. The van der Waals surface area contributed by atoms with Gasteiger partial charge in [-0.15, -0.1) is 0 Å². The van der Waals surface area contributed by atoms with Crippen LogP contribution in [0.4, 0.5) is 10.1 Å². The van der Waals surface area contributed by atoms with Crippen LogP contribution in [0.25, 0.3) is 6.08 Å². The molecule has 3 rings (SSSR count). The van der Waals surface area contributed by atoms with Crippen molar-refractivity contribution in [2.75, 3.05) is 11.2 Å². The number of carbonyl (C=O) groups excluding carboxylic acids is 1. The van der Waals surface area contributed by atoms with Crippen LogP contribution in [0.5, 0.6) is 5.75 Å². The van der Waals surface area contributed by atoms with Gasteiger partial charge in [-0.3, -0.25) is 9.69 Å². The molecule has 1 fully saturated rings. The first kappa shape index (κ1) is 20.0. The molecule has 0 atom stereocenters. The number of nitrogens with zero attached hydrogens (tertiary/aromatic N) is 1. The quantitative estimate of drug-likeness (QED) is 0.363. The van der Waals surface area contributed by atoms with E-state index in [1.165, 1.54) is 41.3 Å². The van der Waals surface area contributed by atoms with Crippen molar-refractivity contribution in [1.82, 2.24) is 0 Å². The van der Waals surface area contributed by atoms with Crippen molar-refractivity contribution >= 4 is 72.0 Å². The zero-order valence-corrected chi connectivity index (χ0v) is 17.7. The molecule has 0 unspecified atom stereocenters. The fourth-order valence-electron chi connectivity index (χ4n) is 2.29. The molecule has 5 nitrogen and oxygen atoms in total. The second kappa shape index (κ2) is 7.70. The van der Waals surface area contributed by atoms with Crippen LogP contribution in [0, 0.1) is 5.82 Å². The van der Waals surface area contributed by atoms with Crippen molar-refractivity contribution in [3.63, 3.8) is 0 Å². The third-order valence-corrected chi connectivity index (χ3v) is 5.66. The maximum Gasteiger partial charge on any atom is 0.306 e. The number of rotatable bonds is 4. The van der Waals surface area contributed by atoms with Gasteiger partial charge < -0.3 is 4.18 Å². The van der Waals surface area contributed by atoms with E-state index in [1.54, 1.807) is 12.1 Å². The van der Waals surface area contributed by atoms with Crippen LogP contribution in [0.3, 0.4) is 0 Å². The Morgan fingerprint density at radius 1 is 1.22 bits per heavy atom. The minimum Gasteiger partial charge on any atom is -0.382 e. The Balaban J connectivity index is 1.99. The molecule has 1 aliphatic heterocycles. The van der Waals surface area contributed by atoms with Gasteiger partial charge in [-0.1, -0.05) is 39.9 Å². The van der Waals surface area contributed by atoms with Crippen LogP contribution in [0.1, 0.15) is 5.56 Å². The van der Waals surface area contributed by atoms with Gasteiger partial charge in [0.25, 0.3) is 5.91 Å². The minimum atomic E-state index is -3.74. The molecule has 2 aromatic carbocycles. The van der Waals surface area contributed by atoms with Crippen LogP contribution in [-0.4, -0.2) is 24.9 Å². The number of hydrogen-bond donors (Lipinski definition) is 0. The maximum atomic E-state index is 13.1. The molecule has 0 spiro atoms. The Bertz CT molecular complexity index is 1070. The van der Waals surface area contributed by atoms with Gasteiger partial charge in [0.1, 0.15) is 11.6 Å². The number of thiocarbonyl (C=S) groups is 1. The first-order valence-electron chi connectivity index (χ1n) is 7.36. The lowest BCUT2D eigenvalue weighted by Gasteiger charge is -2.14. The van der Waals surface area contributed by atoms with Gasteiger partial charge in [0.05, 0.1) is 16.8 Å². The largest absolute Gasteiger partial charge is 0.382 e. The lowest BCUT2D eigenvalue weighted by Crippen LogP contribution is -2.27. The van der Waals surface area contributed by atoms with Crippen LogP contribution in [-0.2, 0) is 14.9 Å². The maximum absolute atomic E-state index is 13.1. The van der Waals surface area contributed by atoms with E-state index in [2.05, 4.69) is 15.9 Å². The number of hydrogen-bond acceptors (Lipinski definition) is 6. The fraction of sp³-hybridized carbons (Fsp3) is 0.0588. The van der Waals surface area contributed by atoms with E-state index in [0.29, 0.717) is 24.9 Å². The van der Waals surface area contributed by atoms with E-state index >= 15 is 0 Å². The van der Waals surface area contributed by atoms with E-state index in [4.69, 9.17) is 16.4 Å². The Hall–Kier alpha value is -1.75. The highest BCUT2D eigenvalue weighted by Crippen LogP contribution is 2.37. The average Bonchev–Trinajstić information content (AvgIpc) is 2.84. The standard InChI is InChI=1S/C17H11BrFNO4S3/c1-27(22,23)24-14-7-2-11(18)8-10(14)9-15-16(21)20(17(25)26-15)13-5-3-12(19)4-6-13/h2-9H,1H3. The summed E-state index contributed by atoms with van der Waals surface area (Å²) in [6.45, 7) is 0. The first-order valence-corrected chi connectivity index (χ1v) is 11.2. The molecule has 1 saturated heterocycles. The third kappa shape index (κ3) is 4.75. The molecule has 27 heavy (non-hydrogen) atoms. The van der Waals surface area contributed by atoms with Gasteiger partial charge in [-0.2, -0.15) is 8.42 Å². The van der Waals surface area contributed by atoms with Gasteiger partial charge in [-0.05, 0) is 48.5 Å². The second-order valence-electron chi connectivity index (χ2n) is 5.46.